The van der Waals surface area contributed by atoms with Crippen LogP contribution < -0.4 is 9.47 Å². The Labute approximate surface area is 225 Å². The van der Waals surface area contributed by atoms with Crippen LogP contribution in [-0.4, -0.2) is 23.8 Å². The first-order valence-corrected chi connectivity index (χ1v) is 13.3. The van der Waals surface area contributed by atoms with E-state index in [1.54, 1.807) is 6.92 Å². The van der Waals surface area contributed by atoms with Crippen LogP contribution in [0.2, 0.25) is 0 Å². The molecule has 0 heterocycles. The molecule has 0 spiro atoms. The van der Waals surface area contributed by atoms with Gasteiger partial charge in [0, 0.05) is 5.56 Å². The van der Waals surface area contributed by atoms with Crippen LogP contribution in [0.1, 0.15) is 74.2 Å². The molecule has 1 atom stereocenters. The van der Waals surface area contributed by atoms with Gasteiger partial charge < -0.3 is 14.6 Å². The zero-order chi connectivity index (χ0) is 28.1. The number of carbonyl (C=O) groups is 1. The molecule has 1 aliphatic rings. The molecule has 1 fully saturated rings. The lowest BCUT2D eigenvalue weighted by Crippen LogP contribution is -2.25. The van der Waals surface area contributed by atoms with Gasteiger partial charge in [-0.3, -0.25) is 0 Å². The normalized spacial score (nSPS) is 18.0. The second-order valence-electron chi connectivity index (χ2n) is 9.89. The largest absolute Gasteiger partial charge is 0.491 e. The minimum atomic E-state index is -1.24. The van der Waals surface area contributed by atoms with Crippen LogP contribution in [0.3, 0.4) is 0 Å². The van der Waals surface area contributed by atoms with E-state index in [4.69, 9.17) is 9.47 Å². The number of ether oxygens (including phenoxy) is 2. The van der Waals surface area contributed by atoms with Crippen LogP contribution >= 0.6 is 0 Å². The van der Waals surface area contributed by atoms with Crippen LogP contribution in [0.25, 0.3) is 11.1 Å². The second-order valence-corrected chi connectivity index (χ2v) is 9.89. The van der Waals surface area contributed by atoms with Gasteiger partial charge in [-0.05, 0) is 92.3 Å². The van der Waals surface area contributed by atoms with E-state index in [1.165, 1.54) is 48.5 Å². The van der Waals surface area contributed by atoms with Crippen LogP contribution in [0.4, 0.5) is 17.6 Å². The first-order valence-electron chi connectivity index (χ1n) is 13.3. The first-order chi connectivity index (χ1) is 18.7. The van der Waals surface area contributed by atoms with Crippen molar-refractivity contribution in [3.05, 3.63) is 82.9 Å². The molecule has 3 aromatic carbocycles. The Hall–Kier alpha value is -3.39. The summed E-state index contributed by atoms with van der Waals surface area (Å²) < 4.78 is 68.8. The molecule has 4 nitrogen and oxygen atoms in total. The number of hydrogen-bond donors (Lipinski definition) is 1. The summed E-state index contributed by atoms with van der Waals surface area (Å²) in [7, 11) is 0. The summed E-state index contributed by atoms with van der Waals surface area (Å²) in [6.07, 6.45) is 4.04. The highest BCUT2D eigenvalue weighted by molar-refractivity contribution is 5.91. The fraction of sp³-hybridized carbons (Fsp3) is 0.387. The predicted molar refractivity (Wildman–Crippen MR) is 140 cm³/mol. The monoisotopic (exact) mass is 544 g/mol. The van der Waals surface area contributed by atoms with E-state index in [9.17, 15) is 27.5 Å². The molecule has 0 aromatic heterocycles. The van der Waals surface area contributed by atoms with Gasteiger partial charge >= 0.3 is 5.97 Å². The number of carbonyl (C=O) groups excluding carboxylic acids is 1. The number of hydrogen-bond acceptors (Lipinski definition) is 4. The van der Waals surface area contributed by atoms with E-state index in [1.807, 2.05) is 6.92 Å². The fourth-order valence-electron chi connectivity index (χ4n) is 5.25. The molecule has 1 aliphatic carbocycles. The van der Waals surface area contributed by atoms with Gasteiger partial charge in [0.1, 0.15) is 0 Å². The Morgan fingerprint density at radius 1 is 0.846 bits per heavy atom. The summed E-state index contributed by atoms with van der Waals surface area (Å²) in [5.41, 5.74) is 0.557. The average Bonchev–Trinajstić information content (AvgIpc) is 2.94. The first kappa shape index (κ1) is 28.6. The Kier molecular flexibility index (Phi) is 9.28. The Morgan fingerprint density at radius 3 is 2.13 bits per heavy atom. The smallest absolute Gasteiger partial charge is 0.343 e. The standard InChI is InChI=1S/C31H32F4O4/c1-3-5-24(36)20-10-6-18(7-11-20)23-15-17-26(30(35)28(23)33)39-31(37)21-12-8-19(9-13-21)22-14-16-25(38-4-2)29(34)27(22)32/h8-9,12-18,20,24,36H,3-7,10-11H2,1-2H3. The maximum absolute atomic E-state index is 15.0. The van der Waals surface area contributed by atoms with Gasteiger partial charge in [0.2, 0.25) is 11.6 Å². The summed E-state index contributed by atoms with van der Waals surface area (Å²) in [5, 5.41) is 10.2. The summed E-state index contributed by atoms with van der Waals surface area (Å²) in [4.78, 5) is 12.6. The third-order valence-corrected chi connectivity index (χ3v) is 7.40. The zero-order valence-corrected chi connectivity index (χ0v) is 22.0. The molecule has 0 saturated heterocycles. The van der Waals surface area contributed by atoms with Gasteiger partial charge in [-0.25, -0.2) is 13.6 Å². The number of aliphatic hydroxyl groups excluding tert-OH is 1. The number of aliphatic hydroxyl groups is 1. The number of rotatable bonds is 9. The van der Waals surface area contributed by atoms with Crippen LogP contribution in [0.15, 0.2) is 48.5 Å². The number of benzene rings is 3. The van der Waals surface area contributed by atoms with Crippen molar-refractivity contribution < 1.29 is 36.9 Å². The lowest BCUT2D eigenvalue weighted by molar-refractivity contribution is 0.0725. The quantitative estimate of drug-likeness (QED) is 0.169. The molecule has 39 heavy (non-hydrogen) atoms. The third kappa shape index (κ3) is 6.27. The van der Waals surface area contributed by atoms with Gasteiger partial charge in [0.25, 0.3) is 0 Å². The number of halogens is 4. The van der Waals surface area contributed by atoms with Crippen LogP contribution in [-0.2, 0) is 0 Å². The molecule has 1 saturated carbocycles. The summed E-state index contributed by atoms with van der Waals surface area (Å²) in [5.74, 6) is -6.12. The maximum Gasteiger partial charge on any atom is 0.343 e. The molecule has 0 radical (unpaired) electrons. The minimum Gasteiger partial charge on any atom is -0.491 e. The predicted octanol–water partition coefficient (Wildman–Crippen LogP) is 7.96. The van der Waals surface area contributed by atoms with E-state index in [2.05, 4.69) is 0 Å². The molecule has 0 aliphatic heterocycles. The van der Waals surface area contributed by atoms with Crippen molar-refractivity contribution in [3.63, 3.8) is 0 Å². The van der Waals surface area contributed by atoms with Crippen LogP contribution in [0.5, 0.6) is 11.5 Å². The van der Waals surface area contributed by atoms with E-state index < -0.39 is 35.0 Å². The van der Waals surface area contributed by atoms with Crippen molar-refractivity contribution in [2.75, 3.05) is 6.61 Å². The summed E-state index contributed by atoms with van der Waals surface area (Å²) in [6.45, 7) is 3.86. The van der Waals surface area contributed by atoms with E-state index in [0.717, 1.165) is 25.7 Å². The Morgan fingerprint density at radius 2 is 1.49 bits per heavy atom. The molecular weight excluding hydrogens is 512 g/mol. The van der Waals surface area contributed by atoms with Gasteiger partial charge in [-0.15, -0.1) is 0 Å². The zero-order valence-electron chi connectivity index (χ0n) is 22.0. The highest BCUT2D eigenvalue weighted by atomic mass is 19.2. The van der Waals surface area contributed by atoms with Crippen molar-refractivity contribution in [2.45, 2.75) is 64.4 Å². The molecule has 3 aromatic rings. The van der Waals surface area contributed by atoms with Crippen LogP contribution in [0, 0.1) is 29.2 Å². The molecule has 0 amide bonds. The topological polar surface area (TPSA) is 55.8 Å². The number of esters is 1. The molecular formula is C31H32F4O4. The maximum atomic E-state index is 15.0. The van der Waals surface area contributed by atoms with E-state index >= 15 is 0 Å². The lowest BCUT2D eigenvalue weighted by atomic mass is 9.76. The van der Waals surface area contributed by atoms with Crippen molar-refractivity contribution in [3.8, 4) is 22.6 Å². The van der Waals surface area contributed by atoms with E-state index in [-0.39, 0.29) is 47.0 Å². The van der Waals surface area contributed by atoms with Crippen molar-refractivity contribution in [2.24, 2.45) is 5.92 Å². The highest BCUT2D eigenvalue weighted by Crippen LogP contribution is 2.40. The fourth-order valence-corrected chi connectivity index (χ4v) is 5.25. The second kappa shape index (κ2) is 12.6. The molecule has 8 heteroatoms. The Balaban J connectivity index is 1.43. The highest BCUT2D eigenvalue weighted by Gasteiger charge is 2.30. The van der Waals surface area contributed by atoms with E-state index in [0.29, 0.717) is 18.4 Å². The Bertz CT molecular complexity index is 1300. The van der Waals surface area contributed by atoms with Gasteiger partial charge in [-0.2, -0.15) is 8.78 Å². The molecule has 0 bridgehead atoms. The molecule has 4 rings (SSSR count). The summed E-state index contributed by atoms with van der Waals surface area (Å²) >= 11 is 0. The third-order valence-electron chi connectivity index (χ3n) is 7.40. The van der Waals surface area contributed by atoms with Crippen molar-refractivity contribution >= 4 is 5.97 Å². The molecule has 208 valence electrons. The van der Waals surface area contributed by atoms with Crippen molar-refractivity contribution in [1.29, 1.82) is 0 Å². The molecule has 1 N–H and O–H groups in total. The summed E-state index contributed by atoms with van der Waals surface area (Å²) in [6, 6.07) is 10.9. The van der Waals surface area contributed by atoms with Crippen molar-refractivity contribution in [1.82, 2.24) is 0 Å². The minimum absolute atomic E-state index is 0.0199. The average molecular weight is 545 g/mol. The molecule has 1 unspecified atom stereocenters. The van der Waals surface area contributed by atoms with Gasteiger partial charge in [-0.1, -0.05) is 31.5 Å². The lowest BCUT2D eigenvalue weighted by Gasteiger charge is -2.32. The van der Waals surface area contributed by atoms with Gasteiger partial charge in [0.15, 0.2) is 23.1 Å². The SMILES string of the molecule is CCCC(O)C1CCC(c2ccc(OC(=O)c3ccc(-c4ccc(OCC)c(F)c4F)cc3)c(F)c2F)CC1. The van der Waals surface area contributed by atoms with Gasteiger partial charge in [0.05, 0.1) is 18.3 Å².